The van der Waals surface area contributed by atoms with Crippen LogP contribution in [0.25, 0.3) is 0 Å². The van der Waals surface area contributed by atoms with Crippen LogP contribution < -0.4 is 11.1 Å². The Labute approximate surface area is 172 Å². The fourth-order valence-electron chi connectivity index (χ4n) is 3.47. The molecule has 0 aliphatic carbocycles. The number of hydrogen-bond acceptors (Lipinski definition) is 6. The molecule has 1 amide bonds. The van der Waals surface area contributed by atoms with Gasteiger partial charge in [0.25, 0.3) is 0 Å². The Balaban J connectivity index is 1.58. The zero-order valence-electron chi connectivity index (χ0n) is 18.0. The van der Waals surface area contributed by atoms with Gasteiger partial charge in [0.15, 0.2) is 5.82 Å². The zero-order valence-corrected chi connectivity index (χ0v) is 18.0. The number of carbonyl (C=O) groups excluding carboxylic acids is 1. The number of amides is 1. The number of rotatable bonds is 4. The number of nitrogens with zero attached hydrogens (tertiary/aromatic N) is 3. The van der Waals surface area contributed by atoms with E-state index in [0.717, 1.165) is 24.2 Å². The van der Waals surface area contributed by atoms with Gasteiger partial charge in [0, 0.05) is 25.6 Å². The number of benzene rings is 1. The SMILES string of the molecule is Cc1nc(C)c(N)c(NCc2ccc(C3CCN(C(=O)OC(C)(C)C)C3)cc2)n1. The Bertz CT molecular complexity index is 874. The first-order valence-corrected chi connectivity index (χ1v) is 10.0. The number of carbonyl (C=O) groups is 1. The number of nitrogens with one attached hydrogen (secondary N) is 1. The van der Waals surface area contributed by atoms with E-state index in [-0.39, 0.29) is 6.09 Å². The highest BCUT2D eigenvalue weighted by molar-refractivity contribution is 5.68. The smallest absolute Gasteiger partial charge is 0.410 e. The molecule has 1 aliphatic heterocycles. The average Bonchev–Trinajstić information content (AvgIpc) is 3.13. The van der Waals surface area contributed by atoms with Crippen LogP contribution >= 0.6 is 0 Å². The minimum absolute atomic E-state index is 0.228. The van der Waals surface area contributed by atoms with Crippen LogP contribution in [0.2, 0.25) is 0 Å². The van der Waals surface area contributed by atoms with Crippen LogP contribution in [0.3, 0.4) is 0 Å². The molecule has 0 radical (unpaired) electrons. The summed E-state index contributed by atoms with van der Waals surface area (Å²) < 4.78 is 5.48. The fraction of sp³-hybridized carbons (Fsp3) is 0.500. The Morgan fingerprint density at radius 3 is 2.59 bits per heavy atom. The molecular weight excluding hydrogens is 366 g/mol. The van der Waals surface area contributed by atoms with E-state index in [1.54, 1.807) is 4.90 Å². The van der Waals surface area contributed by atoms with E-state index in [1.165, 1.54) is 5.56 Å². The lowest BCUT2D eigenvalue weighted by molar-refractivity contribution is 0.0292. The lowest BCUT2D eigenvalue weighted by Gasteiger charge is -2.24. The maximum absolute atomic E-state index is 12.3. The van der Waals surface area contributed by atoms with E-state index < -0.39 is 5.60 Å². The van der Waals surface area contributed by atoms with Crippen molar-refractivity contribution in [3.63, 3.8) is 0 Å². The van der Waals surface area contributed by atoms with Crippen molar-refractivity contribution in [2.45, 2.75) is 59.1 Å². The second-order valence-electron chi connectivity index (χ2n) is 8.63. The molecule has 2 aromatic rings. The number of aromatic nitrogens is 2. The van der Waals surface area contributed by atoms with E-state index in [2.05, 4.69) is 39.6 Å². The second kappa shape index (κ2) is 8.27. The molecule has 1 aromatic heterocycles. The summed E-state index contributed by atoms with van der Waals surface area (Å²) in [5.74, 6) is 1.71. The number of ether oxygens (including phenoxy) is 1. The summed E-state index contributed by atoms with van der Waals surface area (Å²) in [6.45, 7) is 11.5. The molecule has 7 nitrogen and oxygen atoms in total. The van der Waals surface area contributed by atoms with Gasteiger partial charge in [-0.05, 0) is 52.2 Å². The number of likely N-dealkylation sites (tertiary alicyclic amines) is 1. The first-order valence-electron chi connectivity index (χ1n) is 10.0. The molecule has 3 rings (SSSR count). The number of nitrogens with two attached hydrogens (primary N) is 1. The summed E-state index contributed by atoms with van der Waals surface area (Å²) in [5.41, 5.74) is 9.36. The molecule has 1 aromatic carbocycles. The number of hydrogen-bond donors (Lipinski definition) is 2. The summed E-state index contributed by atoms with van der Waals surface area (Å²) in [7, 11) is 0. The second-order valence-corrected chi connectivity index (χ2v) is 8.63. The molecule has 1 saturated heterocycles. The van der Waals surface area contributed by atoms with E-state index in [4.69, 9.17) is 10.5 Å². The molecule has 0 bridgehead atoms. The summed E-state index contributed by atoms with van der Waals surface area (Å²) in [5, 5.41) is 3.30. The molecule has 2 heterocycles. The third-order valence-corrected chi connectivity index (χ3v) is 5.00. The fourth-order valence-corrected chi connectivity index (χ4v) is 3.47. The van der Waals surface area contributed by atoms with Crippen LogP contribution in [0.4, 0.5) is 16.3 Å². The van der Waals surface area contributed by atoms with Crippen LogP contribution in [0.1, 0.15) is 55.8 Å². The Kier molecular flexibility index (Phi) is 5.96. The standard InChI is InChI=1S/C22H31N5O2/c1-14-19(23)20(26-15(2)25-14)24-12-16-6-8-17(9-7-16)18-10-11-27(13-18)21(28)29-22(3,4)5/h6-9,18H,10-13,23H2,1-5H3,(H,24,25,26). The van der Waals surface area contributed by atoms with Crippen LogP contribution in [-0.4, -0.2) is 39.7 Å². The van der Waals surface area contributed by atoms with Crippen molar-refractivity contribution in [2.24, 2.45) is 0 Å². The summed E-state index contributed by atoms with van der Waals surface area (Å²) >= 11 is 0. The van der Waals surface area contributed by atoms with Gasteiger partial charge in [-0.3, -0.25) is 0 Å². The van der Waals surface area contributed by atoms with Gasteiger partial charge in [0.1, 0.15) is 11.4 Å². The molecule has 0 spiro atoms. The molecule has 1 aliphatic rings. The number of aryl methyl sites for hydroxylation is 2. The van der Waals surface area contributed by atoms with Crippen molar-refractivity contribution in [3.8, 4) is 0 Å². The van der Waals surface area contributed by atoms with Gasteiger partial charge >= 0.3 is 6.09 Å². The molecule has 1 fully saturated rings. The van der Waals surface area contributed by atoms with Crippen molar-refractivity contribution in [3.05, 3.63) is 46.9 Å². The van der Waals surface area contributed by atoms with Crippen LogP contribution in [0.5, 0.6) is 0 Å². The van der Waals surface area contributed by atoms with Crippen molar-refractivity contribution in [2.75, 3.05) is 24.1 Å². The van der Waals surface area contributed by atoms with Crippen LogP contribution in [0, 0.1) is 13.8 Å². The Morgan fingerprint density at radius 1 is 1.24 bits per heavy atom. The maximum Gasteiger partial charge on any atom is 0.410 e. The number of anilines is 2. The molecule has 29 heavy (non-hydrogen) atoms. The lowest BCUT2D eigenvalue weighted by atomic mass is 9.97. The largest absolute Gasteiger partial charge is 0.444 e. The highest BCUT2D eigenvalue weighted by Gasteiger charge is 2.30. The molecule has 0 saturated carbocycles. The third kappa shape index (κ3) is 5.37. The number of nitrogen functional groups attached to an aromatic ring is 1. The average molecular weight is 398 g/mol. The Hall–Kier alpha value is -2.83. The summed E-state index contributed by atoms with van der Waals surface area (Å²) in [6, 6.07) is 8.49. The van der Waals surface area contributed by atoms with Gasteiger partial charge in [0.05, 0.1) is 11.4 Å². The molecule has 156 valence electrons. The first-order chi connectivity index (χ1) is 13.6. The molecule has 1 atom stereocenters. The van der Waals surface area contributed by atoms with Crippen molar-refractivity contribution >= 4 is 17.6 Å². The van der Waals surface area contributed by atoms with E-state index >= 15 is 0 Å². The zero-order chi connectivity index (χ0) is 21.2. The Morgan fingerprint density at radius 2 is 1.93 bits per heavy atom. The maximum atomic E-state index is 12.3. The highest BCUT2D eigenvalue weighted by Crippen LogP contribution is 2.28. The summed E-state index contributed by atoms with van der Waals surface area (Å²) in [6.07, 6.45) is 0.723. The predicted octanol–water partition coefficient (Wildman–Crippen LogP) is 4.01. The molecular formula is C22H31N5O2. The monoisotopic (exact) mass is 397 g/mol. The van der Waals surface area contributed by atoms with Crippen molar-refractivity contribution in [1.82, 2.24) is 14.9 Å². The summed E-state index contributed by atoms with van der Waals surface area (Å²) in [4.78, 5) is 22.7. The van der Waals surface area contributed by atoms with Gasteiger partial charge in [-0.15, -0.1) is 0 Å². The van der Waals surface area contributed by atoms with Crippen molar-refractivity contribution in [1.29, 1.82) is 0 Å². The van der Waals surface area contributed by atoms with Gasteiger partial charge in [-0.1, -0.05) is 24.3 Å². The van der Waals surface area contributed by atoms with E-state index in [1.807, 2.05) is 34.6 Å². The quantitative estimate of drug-likeness (QED) is 0.810. The minimum atomic E-state index is -0.464. The van der Waals surface area contributed by atoms with Crippen LogP contribution in [0.15, 0.2) is 24.3 Å². The van der Waals surface area contributed by atoms with Crippen LogP contribution in [-0.2, 0) is 11.3 Å². The molecule has 1 unspecified atom stereocenters. The van der Waals surface area contributed by atoms with Gasteiger partial charge in [-0.25, -0.2) is 14.8 Å². The normalized spacial score (nSPS) is 16.7. The molecule has 3 N–H and O–H groups in total. The third-order valence-electron chi connectivity index (χ3n) is 5.00. The van der Waals surface area contributed by atoms with E-state index in [9.17, 15) is 4.79 Å². The first kappa shape index (κ1) is 20.9. The van der Waals surface area contributed by atoms with Gasteiger partial charge in [0.2, 0.25) is 0 Å². The van der Waals surface area contributed by atoms with Gasteiger partial charge < -0.3 is 20.7 Å². The highest BCUT2D eigenvalue weighted by atomic mass is 16.6. The topological polar surface area (TPSA) is 93.4 Å². The predicted molar refractivity (Wildman–Crippen MR) is 115 cm³/mol. The van der Waals surface area contributed by atoms with E-state index in [0.29, 0.717) is 36.3 Å². The lowest BCUT2D eigenvalue weighted by Crippen LogP contribution is -2.35. The minimum Gasteiger partial charge on any atom is -0.444 e. The van der Waals surface area contributed by atoms with Crippen molar-refractivity contribution < 1.29 is 9.53 Å². The van der Waals surface area contributed by atoms with Gasteiger partial charge in [-0.2, -0.15) is 0 Å². The molecule has 7 heteroatoms.